The van der Waals surface area contributed by atoms with Crippen molar-refractivity contribution in [3.63, 3.8) is 0 Å². The molecule has 0 aliphatic carbocycles. The van der Waals surface area contributed by atoms with Gasteiger partial charge in [0, 0.05) is 0 Å². The second-order valence-electron chi connectivity index (χ2n) is 0.274. The van der Waals surface area contributed by atoms with Crippen LogP contribution in [0.5, 0.6) is 0 Å². The van der Waals surface area contributed by atoms with Crippen LogP contribution in [0.25, 0.3) is 16.2 Å². The van der Waals surface area contributed by atoms with Crippen LogP contribution in [0.2, 0.25) is 0 Å². The van der Waals surface area contributed by atoms with E-state index in [-0.39, 0.29) is 19.5 Å². The number of hydrogen-bond donors (Lipinski definition) is 0. The van der Waals surface area contributed by atoms with Crippen LogP contribution >= 0.6 is 0 Å². The average molecular weight is 418 g/mol. The topological polar surface area (TPSA) is 66.9 Å². The Labute approximate surface area is 95.7 Å². The van der Waals surface area contributed by atoms with Crippen LogP contribution in [-0.2, 0) is 19.5 Å². The fraction of sp³-hybridized carbons (Fsp3) is 0. The molecule has 0 atom stereocenters. The predicted octanol–water partition coefficient (Wildman–Crippen LogP) is -1.11. The van der Waals surface area contributed by atoms with Crippen molar-refractivity contribution >= 4 is 60.9 Å². The number of nitrogens with zero attached hydrogens (tertiary/aromatic N) is 3. The smallest absolute Gasteiger partial charge is 3.00 e. The molecule has 10 heavy (non-hydrogen) atoms. The molecule has 0 aromatic rings. The van der Waals surface area contributed by atoms with E-state index in [0.29, 0.717) is 0 Å². The fourth-order valence-corrected chi connectivity index (χ4v) is 0. The molecule has 0 spiro atoms. The Morgan fingerprint density at radius 2 is 0.700 bits per heavy atom. The first-order chi connectivity index (χ1) is 4.24. The third kappa shape index (κ3) is 659. The maximum absolute atomic E-state index is 7.26. The molecular weight excluding hydrogens is 418 g/mol. The van der Waals surface area contributed by atoms with Gasteiger partial charge in [0.15, 0.2) is 0 Å². The summed E-state index contributed by atoms with van der Waals surface area (Å²) in [5.41, 5.74) is 0. The Morgan fingerprint density at radius 1 is 0.700 bits per heavy atom. The van der Waals surface area contributed by atoms with Crippen LogP contribution in [0.4, 0.5) is 0 Å². The number of hydrogen-bond acceptors (Lipinski definition) is 0. The minimum Gasteiger partial charge on any atom is 3.00 e. The summed E-state index contributed by atoms with van der Waals surface area (Å²) in [6.45, 7) is 0. The molecule has 0 radical (unpaired) electrons. The van der Waals surface area contributed by atoms with Crippen molar-refractivity contribution in [3.8, 4) is 0 Å². The first kappa shape index (κ1) is 22.4. The second kappa shape index (κ2) is 51.3. The van der Waals surface area contributed by atoms with Gasteiger partial charge in [-0.2, -0.15) is 0 Å². The van der Waals surface area contributed by atoms with Crippen molar-refractivity contribution in [2.45, 2.75) is 0 Å². The summed E-state index contributed by atoms with van der Waals surface area (Å²) in [5.74, 6) is 0. The predicted molar refractivity (Wildman–Crippen MR) is 42.4 cm³/mol. The van der Waals surface area contributed by atoms with Crippen molar-refractivity contribution < 1.29 is 19.5 Å². The summed E-state index contributed by atoms with van der Waals surface area (Å²) in [6.07, 6.45) is 0. The van der Waals surface area contributed by atoms with E-state index in [0.717, 1.165) is 0 Å². The number of rotatable bonds is 0. The Bertz CT molecular complexity index is 111. The zero-order valence-electron chi connectivity index (χ0n) is 4.40. The maximum atomic E-state index is 7.26. The standard InChI is InChI=1S/3CNSe.Rh/c3*2-1-3;/q3*-1;+3. The zero-order valence-corrected chi connectivity index (χ0v) is 11.2. The van der Waals surface area contributed by atoms with Gasteiger partial charge in [-0.3, -0.25) is 0 Å². The van der Waals surface area contributed by atoms with Crippen LogP contribution in [-0.4, -0.2) is 60.9 Å². The summed E-state index contributed by atoms with van der Waals surface area (Å²) < 4.78 is 4.88. The Morgan fingerprint density at radius 3 is 0.700 bits per heavy atom. The van der Waals surface area contributed by atoms with E-state index in [2.05, 4.69) is 46.7 Å². The largest absolute Gasteiger partial charge is 3.00 e. The molecule has 3 nitrogen and oxygen atoms in total. The Balaban J connectivity index is -0.0000000257. The van der Waals surface area contributed by atoms with Crippen molar-refractivity contribution in [2.24, 2.45) is 0 Å². The van der Waals surface area contributed by atoms with E-state index in [1.165, 1.54) is 0 Å². The van der Waals surface area contributed by atoms with Crippen LogP contribution < -0.4 is 0 Å². The van der Waals surface area contributed by atoms with Crippen LogP contribution in [0.1, 0.15) is 0 Å². The van der Waals surface area contributed by atoms with Crippen LogP contribution in [0, 0.1) is 0 Å². The summed E-state index contributed by atoms with van der Waals surface area (Å²) >= 11 is 6.33. The minimum absolute atomic E-state index is 0. The van der Waals surface area contributed by atoms with Crippen LogP contribution in [0.3, 0.4) is 0 Å². The minimum atomic E-state index is 0. The zero-order chi connectivity index (χ0) is 8.12. The fourth-order valence-electron chi connectivity index (χ4n) is 0. The van der Waals surface area contributed by atoms with Gasteiger partial charge in [0.25, 0.3) is 0 Å². The van der Waals surface area contributed by atoms with Crippen LogP contribution in [0.15, 0.2) is 0 Å². The van der Waals surface area contributed by atoms with Crippen molar-refractivity contribution in [2.75, 3.05) is 0 Å². The SMILES string of the molecule is [N-]=C=[Se].[N-]=C=[Se].[N-]=C=[Se].[Rh+3]. The first-order valence-corrected chi connectivity index (χ1v) is 3.85. The molecule has 0 unspecified atom stereocenters. The van der Waals surface area contributed by atoms with E-state index in [1.54, 1.807) is 14.1 Å². The Hall–Kier alpha value is 0.922. The molecule has 0 aromatic carbocycles. The van der Waals surface area contributed by atoms with E-state index in [4.69, 9.17) is 16.2 Å². The molecule has 0 bridgehead atoms. The maximum Gasteiger partial charge on any atom is 3.00 e. The monoisotopic (exact) mass is 421 g/mol. The van der Waals surface area contributed by atoms with E-state index < -0.39 is 0 Å². The van der Waals surface area contributed by atoms with Gasteiger partial charge in [-0.1, -0.05) is 0 Å². The summed E-state index contributed by atoms with van der Waals surface area (Å²) in [5, 5.41) is 21.8. The Kier molecular flexibility index (Phi) is 115. The van der Waals surface area contributed by atoms with Gasteiger partial charge in [0.1, 0.15) is 0 Å². The van der Waals surface area contributed by atoms with Gasteiger partial charge < -0.3 is 0 Å². The molecule has 0 aromatic heterocycles. The molecule has 0 aliphatic heterocycles. The third-order valence-electron chi connectivity index (χ3n) is 0. The molecule has 0 N–H and O–H groups in total. The van der Waals surface area contributed by atoms with E-state index in [1.807, 2.05) is 0 Å². The van der Waals surface area contributed by atoms with E-state index in [9.17, 15) is 0 Å². The van der Waals surface area contributed by atoms with Crippen molar-refractivity contribution in [1.29, 1.82) is 0 Å². The first-order valence-electron chi connectivity index (χ1n) is 1.28. The quantitative estimate of drug-likeness (QED) is 0.354. The van der Waals surface area contributed by atoms with Gasteiger partial charge >= 0.3 is 96.6 Å². The molecule has 0 rings (SSSR count). The third-order valence-corrected chi connectivity index (χ3v) is 0. The molecular formula is C3N3RhSe3. The molecule has 0 fully saturated rings. The van der Waals surface area contributed by atoms with Gasteiger partial charge in [-0.25, -0.2) is 0 Å². The van der Waals surface area contributed by atoms with Gasteiger partial charge in [0.2, 0.25) is 0 Å². The molecule has 0 saturated carbocycles. The normalized spacial score (nSPS) is 2.40. The molecule has 0 aliphatic rings. The average Bonchev–Trinajstić information content (AvgIpc) is 1.70. The van der Waals surface area contributed by atoms with Gasteiger partial charge in [0.05, 0.1) is 0 Å². The summed E-state index contributed by atoms with van der Waals surface area (Å²) in [4.78, 5) is 0. The molecule has 0 amide bonds. The van der Waals surface area contributed by atoms with Crippen molar-refractivity contribution in [1.82, 2.24) is 0 Å². The summed E-state index contributed by atoms with van der Waals surface area (Å²) in [6, 6.07) is 0. The second-order valence-corrected chi connectivity index (χ2v) is 1.42. The molecule has 7 heteroatoms. The van der Waals surface area contributed by atoms with Gasteiger partial charge in [-0.15, -0.1) is 0 Å². The molecule has 0 saturated heterocycles. The molecule has 54 valence electrons. The van der Waals surface area contributed by atoms with Crippen molar-refractivity contribution in [3.05, 3.63) is 16.2 Å². The molecule has 0 heterocycles. The van der Waals surface area contributed by atoms with E-state index >= 15 is 0 Å². The summed E-state index contributed by atoms with van der Waals surface area (Å²) in [7, 11) is 0. The van der Waals surface area contributed by atoms with Gasteiger partial charge in [-0.05, 0) is 0 Å².